The number of hydrogen-bond acceptors (Lipinski definition) is 4. The van der Waals surface area contributed by atoms with E-state index in [2.05, 4.69) is 15.7 Å². The van der Waals surface area contributed by atoms with Crippen LogP contribution in [0.15, 0.2) is 36.5 Å². The number of hydrogen-bond donors (Lipinski definition) is 3. The van der Waals surface area contributed by atoms with Crippen LogP contribution in [0.1, 0.15) is 0 Å². The van der Waals surface area contributed by atoms with Gasteiger partial charge in [0.2, 0.25) is 0 Å². The van der Waals surface area contributed by atoms with Crippen molar-refractivity contribution in [1.82, 2.24) is 4.98 Å². The van der Waals surface area contributed by atoms with Gasteiger partial charge in [-0.15, -0.1) is 0 Å². The molecular weight excluding hydrogens is 243 g/mol. The Hall–Kier alpha value is -1.85. The Balaban J connectivity index is 2.25. The zero-order valence-electron chi connectivity index (χ0n) is 8.74. The molecule has 88 valence electrons. The van der Waals surface area contributed by atoms with E-state index in [0.29, 0.717) is 22.2 Å². The lowest BCUT2D eigenvalue weighted by Gasteiger charge is -2.08. The molecule has 2 rings (SSSR count). The van der Waals surface area contributed by atoms with Crippen molar-refractivity contribution in [3.05, 3.63) is 47.4 Å². The molecular formula is C11H10ClFN4. The number of benzene rings is 1. The molecule has 0 saturated carbocycles. The molecule has 0 radical (unpaired) electrons. The molecule has 0 amide bonds. The first-order valence-corrected chi connectivity index (χ1v) is 5.21. The molecule has 0 atom stereocenters. The molecule has 17 heavy (non-hydrogen) atoms. The first-order valence-electron chi connectivity index (χ1n) is 4.84. The first kappa shape index (κ1) is 11.6. The molecule has 0 aliphatic rings. The summed E-state index contributed by atoms with van der Waals surface area (Å²) in [6.45, 7) is 0. The van der Waals surface area contributed by atoms with Crippen LogP contribution in [0.3, 0.4) is 0 Å². The van der Waals surface area contributed by atoms with E-state index in [-0.39, 0.29) is 0 Å². The van der Waals surface area contributed by atoms with Crippen LogP contribution in [-0.2, 0) is 0 Å². The third-order valence-corrected chi connectivity index (χ3v) is 2.35. The minimum atomic E-state index is -0.420. The standard InChI is InChI=1S/C11H10ClFN4/c12-7-1-2-10(9(13)5-7)16-8-3-4-15-11(6-8)17-14/h1-6H,14H2,(H2,15,16,17). The fraction of sp³-hybridized carbons (Fsp3) is 0. The van der Waals surface area contributed by atoms with E-state index in [1.165, 1.54) is 6.07 Å². The van der Waals surface area contributed by atoms with E-state index in [9.17, 15) is 4.39 Å². The summed E-state index contributed by atoms with van der Waals surface area (Å²) in [4.78, 5) is 3.95. The molecule has 4 N–H and O–H groups in total. The van der Waals surface area contributed by atoms with Crippen molar-refractivity contribution >= 4 is 28.8 Å². The molecule has 0 saturated heterocycles. The normalized spacial score (nSPS) is 10.1. The summed E-state index contributed by atoms with van der Waals surface area (Å²) in [7, 11) is 0. The lowest BCUT2D eigenvalue weighted by Crippen LogP contribution is -2.08. The van der Waals surface area contributed by atoms with Crippen molar-refractivity contribution in [2.24, 2.45) is 5.84 Å². The highest BCUT2D eigenvalue weighted by Crippen LogP contribution is 2.23. The second-order valence-electron chi connectivity index (χ2n) is 3.32. The molecule has 6 heteroatoms. The Morgan fingerprint density at radius 3 is 2.76 bits per heavy atom. The van der Waals surface area contributed by atoms with Crippen LogP contribution >= 0.6 is 11.6 Å². The molecule has 0 fully saturated rings. The summed E-state index contributed by atoms with van der Waals surface area (Å²) < 4.78 is 13.5. The van der Waals surface area contributed by atoms with Gasteiger partial charge in [0.15, 0.2) is 0 Å². The van der Waals surface area contributed by atoms with Crippen molar-refractivity contribution in [2.75, 3.05) is 10.7 Å². The predicted octanol–water partition coefficient (Wildman–Crippen LogP) is 2.90. The number of nitrogen functional groups attached to an aromatic ring is 1. The Kier molecular flexibility index (Phi) is 3.41. The second kappa shape index (κ2) is 4.99. The second-order valence-corrected chi connectivity index (χ2v) is 3.76. The summed E-state index contributed by atoms with van der Waals surface area (Å²) >= 11 is 5.66. The van der Waals surface area contributed by atoms with Crippen LogP contribution in [0.25, 0.3) is 0 Å². The van der Waals surface area contributed by atoms with Crippen LogP contribution in [0, 0.1) is 5.82 Å². The topological polar surface area (TPSA) is 63.0 Å². The fourth-order valence-corrected chi connectivity index (χ4v) is 1.49. The predicted molar refractivity (Wildman–Crippen MR) is 66.7 cm³/mol. The van der Waals surface area contributed by atoms with Crippen LogP contribution in [0.5, 0.6) is 0 Å². The maximum Gasteiger partial charge on any atom is 0.148 e. The van der Waals surface area contributed by atoms with Crippen LogP contribution in [-0.4, -0.2) is 4.98 Å². The third kappa shape index (κ3) is 2.83. The monoisotopic (exact) mass is 252 g/mol. The van der Waals surface area contributed by atoms with Gasteiger partial charge in [-0.3, -0.25) is 0 Å². The van der Waals surface area contributed by atoms with Crippen LogP contribution < -0.4 is 16.6 Å². The van der Waals surface area contributed by atoms with Gasteiger partial charge in [0.05, 0.1) is 5.69 Å². The van der Waals surface area contributed by atoms with Gasteiger partial charge in [0.1, 0.15) is 11.6 Å². The van der Waals surface area contributed by atoms with Crippen molar-refractivity contribution in [2.45, 2.75) is 0 Å². The lowest BCUT2D eigenvalue weighted by molar-refractivity contribution is 0.632. The highest BCUT2D eigenvalue weighted by Gasteiger charge is 2.03. The summed E-state index contributed by atoms with van der Waals surface area (Å²) in [5.74, 6) is 5.30. The van der Waals surface area contributed by atoms with Gasteiger partial charge in [-0.25, -0.2) is 15.2 Å². The van der Waals surface area contributed by atoms with Gasteiger partial charge in [-0.2, -0.15) is 0 Å². The average molecular weight is 253 g/mol. The maximum absolute atomic E-state index is 13.5. The minimum Gasteiger partial charge on any atom is -0.353 e. The van der Waals surface area contributed by atoms with Crippen molar-refractivity contribution < 1.29 is 4.39 Å². The highest BCUT2D eigenvalue weighted by molar-refractivity contribution is 6.30. The Bertz CT molecular complexity index is 533. The number of halogens is 2. The molecule has 1 aromatic heterocycles. The van der Waals surface area contributed by atoms with E-state index in [1.807, 2.05) is 0 Å². The van der Waals surface area contributed by atoms with E-state index in [0.717, 1.165) is 0 Å². The highest BCUT2D eigenvalue weighted by atomic mass is 35.5. The molecule has 0 spiro atoms. The number of nitrogens with zero attached hydrogens (tertiary/aromatic N) is 1. The van der Waals surface area contributed by atoms with E-state index < -0.39 is 5.82 Å². The number of anilines is 3. The molecule has 1 heterocycles. The largest absolute Gasteiger partial charge is 0.353 e. The van der Waals surface area contributed by atoms with Gasteiger partial charge in [-0.05, 0) is 24.3 Å². The molecule has 2 aromatic rings. The van der Waals surface area contributed by atoms with E-state index >= 15 is 0 Å². The first-order chi connectivity index (χ1) is 8.19. The zero-order valence-corrected chi connectivity index (χ0v) is 9.50. The van der Waals surface area contributed by atoms with Crippen LogP contribution in [0.4, 0.5) is 21.6 Å². The Morgan fingerprint density at radius 2 is 2.06 bits per heavy atom. The molecule has 0 unspecified atom stereocenters. The van der Waals surface area contributed by atoms with Crippen molar-refractivity contribution in [3.8, 4) is 0 Å². The van der Waals surface area contributed by atoms with E-state index in [1.54, 1.807) is 30.5 Å². The summed E-state index contributed by atoms with van der Waals surface area (Å²) in [6, 6.07) is 7.78. The number of aromatic nitrogens is 1. The van der Waals surface area contributed by atoms with Crippen molar-refractivity contribution in [3.63, 3.8) is 0 Å². The van der Waals surface area contributed by atoms with Gasteiger partial charge >= 0.3 is 0 Å². The fourth-order valence-electron chi connectivity index (χ4n) is 1.33. The quantitative estimate of drug-likeness (QED) is 0.581. The van der Waals surface area contributed by atoms with E-state index in [4.69, 9.17) is 17.4 Å². The third-order valence-electron chi connectivity index (χ3n) is 2.12. The summed E-state index contributed by atoms with van der Waals surface area (Å²) in [5.41, 5.74) is 3.42. The van der Waals surface area contributed by atoms with Gasteiger partial charge in [0, 0.05) is 23.0 Å². The van der Waals surface area contributed by atoms with Crippen LogP contribution in [0.2, 0.25) is 5.02 Å². The Morgan fingerprint density at radius 1 is 1.24 bits per heavy atom. The molecule has 0 aliphatic carbocycles. The zero-order chi connectivity index (χ0) is 12.3. The maximum atomic E-state index is 13.5. The lowest BCUT2D eigenvalue weighted by atomic mass is 10.3. The smallest absolute Gasteiger partial charge is 0.148 e. The summed E-state index contributed by atoms with van der Waals surface area (Å²) in [5, 5.41) is 3.26. The van der Waals surface area contributed by atoms with Gasteiger partial charge in [0.25, 0.3) is 0 Å². The Labute approximate surface area is 103 Å². The number of rotatable bonds is 3. The molecule has 4 nitrogen and oxygen atoms in total. The summed E-state index contributed by atoms with van der Waals surface area (Å²) in [6.07, 6.45) is 1.56. The van der Waals surface area contributed by atoms with Crippen molar-refractivity contribution in [1.29, 1.82) is 0 Å². The number of nitrogens with one attached hydrogen (secondary N) is 2. The molecule has 1 aromatic carbocycles. The number of pyridine rings is 1. The molecule has 0 aliphatic heterocycles. The van der Waals surface area contributed by atoms with Gasteiger partial charge < -0.3 is 10.7 Å². The number of hydrazine groups is 1. The van der Waals surface area contributed by atoms with Gasteiger partial charge in [-0.1, -0.05) is 11.6 Å². The minimum absolute atomic E-state index is 0.337. The molecule has 0 bridgehead atoms. The average Bonchev–Trinajstić information content (AvgIpc) is 2.33. The SMILES string of the molecule is NNc1cc(Nc2ccc(Cl)cc2F)ccn1. The number of nitrogens with two attached hydrogens (primary N) is 1.